The van der Waals surface area contributed by atoms with Gasteiger partial charge in [-0.2, -0.15) is 0 Å². The van der Waals surface area contributed by atoms with E-state index in [0.717, 1.165) is 51.4 Å². The van der Waals surface area contributed by atoms with Crippen molar-refractivity contribution in [2.45, 2.75) is 161 Å². The van der Waals surface area contributed by atoms with Gasteiger partial charge in [-0.05, 0) is 38.5 Å². The second kappa shape index (κ2) is 31.7. The number of aliphatic hydroxyl groups excluding tert-OH is 1. The average molecular weight is 643 g/mol. The molecule has 44 heavy (non-hydrogen) atoms. The monoisotopic (exact) mass is 642 g/mol. The second-order valence-corrected chi connectivity index (χ2v) is 13.2. The second-order valence-electron chi connectivity index (χ2n) is 11.7. The van der Waals surface area contributed by atoms with Crippen LogP contribution in [-0.2, 0) is 18.4 Å². The summed E-state index contributed by atoms with van der Waals surface area (Å²) in [4.78, 5) is 22.5. The molecule has 0 spiro atoms. The lowest BCUT2D eigenvalue weighted by Crippen LogP contribution is -2.45. The van der Waals surface area contributed by atoms with Crippen molar-refractivity contribution in [3.8, 4) is 0 Å². The third-order valence-corrected chi connectivity index (χ3v) is 8.41. The number of rotatable bonds is 32. The topological polar surface area (TPSA) is 131 Å². The van der Waals surface area contributed by atoms with Gasteiger partial charge >= 0.3 is 7.82 Å². The largest absolute Gasteiger partial charge is 0.472 e. The zero-order valence-electron chi connectivity index (χ0n) is 28.1. The summed E-state index contributed by atoms with van der Waals surface area (Å²) in [6, 6.07) is -0.877. The van der Waals surface area contributed by atoms with Crippen molar-refractivity contribution in [1.82, 2.24) is 5.32 Å². The molecule has 3 unspecified atom stereocenters. The third-order valence-electron chi connectivity index (χ3n) is 7.43. The van der Waals surface area contributed by atoms with Crippen LogP contribution >= 0.6 is 7.82 Å². The summed E-state index contributed by atoms with van der Waals surface area (Å²) in [5, 5.41) is 13.5. The molecule has 258 valence electrons. The number of phosphoric acid groups is 1. The average Bonchev–Trinajstić information content (AvgIpc) is 3.01. The summed E-state index contributed by atoms with van der Waals surface area (Å²) >= 11 is 0. The van der Waals surface area contributed by atoms with E-state index in [1.54, 1.807) is 6.08 Å². The summed E-state index contributed by atoms with van der Waals surface area (Å²) in [6.45, 7) is 4.00. The number of carbonyl (C=O) groups excluding carboxylic acids is 1. The molecule has 0 fully saturated rings. The SMILES string of the molecule is CCC/C=C/CC/C=C/CC/C=C/C(O)C(COP(=O)(O)OCCN)NC(=O)CCCCCCCCCCCCCCCC. The first-order chi connectivity index (χ1) is 21.4. The zero-order chi connectivity index (χ0) is 32.6. The van der Waals surface area contributed by atoms with Gasteiger partial charge < -0.3 is 21.1 Å². The number of allylic oxidation sites excluding steroid dienone is 5. The maximum absolute atomic E-state index is 12.6. The Balaban J connectivity index is 4.39. The van der Waals surface area contributed by atoms with Crippen molar-refractivity contribution in [1.29, 1.82) is 0 Å². The first kappa shape index (κ1) is 42.7. The molecule has 0 aliphatic rings. The van der Waals surface area contributed by atoms with Gasteiger partial charge in [0, 0.05) is 13.0 Å². The summed E-state index contributed by atoms with van der Waals surface area (Å²) in [7, 11) is -4.34. The first-order valence-electron chi connectivity index (χ1n) is 17.6. The van der Waals surface area contributed by atoms with Gasteiger partial charge in [-0.1, -0.05) is 140 Å². The molecule has 1 amide bonds. The molecule has 0 aliphatic carbocycles. The maximum Gasteiger partial charge on any atom is 0.472 e. The minimum atomic E-state index is -4.34. The van der Waals surface area contributed by atoms with Gasteiger partial charge in [-0.3, -0.25) is 13.8 Å². The van der Waals surface area contributed by atoms with Crippen LogP contribution in [0, 0.1) is 0 Å². The lowest BCUT2D eigenvalue weighted by atomic mass is 10.0. The predicted molar refractivity (Wildman–Crippen MR) is 184 cm³/mol. The highest BCUT2D eigenvalue weighted by molar-refractivity contribution is 7.47. The smallest absolute Gasteiger partial charge is 0.387 e. The summed E-state index contributed by atoms with van der Waals surface area (Å²) in [5.41, 5.74) is 5.34. The molecular formula is C35H67N2O6P. The van der Waals surface area contributed by atoms with E-state index in [0.29, 0.717) is 6.42 Å². The molecule has 0 saturated heterocycles. The fourth-order valence-electron chi connectivity index (χ4n) is 4.76. The predicted octanol–water partition coefficient (Wildman–Crippen LogP) is 8.82. The normalized spacial score (nSPS) is 14.9. The van der Waals surface area contributed by atoms with E-state index in [-0.39, 0.29) is 25.7 Å². The van der Waals surface area contributed by atoms with E-state index in [1.165, 1.54) is 77.0 Å². The van der Waals surface area contributed by atoms with Crippen LogP contribution in [0.4, 0.5) is 0 Å². The fourth-order valence-corrected chi connectivity index (χ4v) is 5.52. The van der Waals surface area contributed by atoms with Crippen LogP contribution in [0.3, 0.4) is 0 Å². The maximum atomic E-state index is 12.6. The van der Waals surface area contributed by atoms with Crippen molar-refractivity contribution in [2.75, 3.05) is 19.8 Å². The minimum Gasteiger partial charge on any atom is -0.387 e. The van der Waals surface area contributed by atoms with Gasteiger partial charge in [-0.15, -0.1) is 0 Å². The van der Waals surface area contributed by atoms with Crippen LogP contribution in [0.25, 0.3) is 0 Å². The molecule has 0 heterocycles. The number of carbonyl (C=O) groups is 1. The van der Waals surface area contributed by atoms with E-state index < -0.39 is 20.0 Å². The Morgan fingerprint density at radius 3 is 1.70 bits per heavy atom. The number of hydrogen-bond donors (Lipinski definition) is 4. The van der Waals surface area contributed by atoms with E-state index in [1.807, 2.05) is 6.08 Å². The number of hydrogen-bond acceptors (Lipinski definition) is 6. The van der Waals surface area contributed by atoms with Crippen LogP contribution in [0.1, 0.15) is 149 Å². The molecule has 9 heteroatoms. The lowest BCUT2D eigenvalue weighted by Gasteiger charge is -2.23. The standard InChI is InChI=1S/C35H67N2O6P/c1-3-5-7-9-11-13-15-16-17-19-21-23-25-27-29-35(39)37-33(32-43-44(40,41)42-31-30-36)34(38)28-26-24-22-20-18-14-12-10-8-6-4-2/h8,10,18,20,26,28,33-34,38H,3-7,9,11-17,19,21-25,27,29-32,36H2,1-2H3,(H,37,39)(H,40,41)/b10-8+,20-18+,28-26+. The Morgan fingerprint density at radius 1 is 0.727 bits per heavy atom. The van der Waals surface area contributed by atoms with E-state index in [2.05, 4.69) is 43.5 Å². The molecule has 0 rings (SSSR count). The van der Waals surface area contributed by atoms with Crippen molar-refractivity contribution < 1.29 is 28.4 Å². The lowest BCUT2D eigenvalue weighted by molar-refractivity contribution is -0.123. The number of unbranched alkanes of at least 4 members (excludes halogenated alkanes) is 16. The van der Waals surface area contributed by atoms with Crippen molar-refractivity contribution in [3.63, 3.8) is 0 Å². The quantitative estimate of drug-likeness (QED) is 0.0328. The number of amides is 1. The van der Waals surface area contributed by atoms with Crippen LogP contribution < -0.4 is 11.1 Å². The van der Waals surface area contributed by atoms with E-state index in [9.17, 15) is 19.4 Å². The summed E-state index contributed by atoms with van der Waals surface area (Å²) in [6.07, 6.45) is 34.8. The number of nitrogens with two attached hydrogens (primary N) is 1. The highest BCUT2D eigenvalue weighted by Gasteiger charge is 2.26. The molecule has 0 aromatic rings. The molecule has 0 aliphatic heterocycles. The molecule has 0 aromatic carbocycles. The summed E-state index contributed by atoms with van der Waals surface area (Å²) < 4.78 is 21.9. The molecule has 0 bridgehead atoms. The van der Waals surface area contributed by atoms with Gasteiger partial charge in [0.2, 0.25) is 5.91 Å². The molecule has 0 radical (unpaired) electrons. The van der Waals surface area contributed by atoms with E-state index >= 15 is 0 Å². The Bertz CT molecular complexity index is 789. The first-order valence-corrected chi connectivity index (χ1v) is 19.1. The number of aliphatic hydroxyl groups is 1. The Kier molecular flexibility index (Phi) is 30.8. The highest BCUT2D eigenvalue weighted by Crippen LogP contribution is 2.43. The van der Waals surface area contributed by atoms with Crippen molar-refractivity contribution >= 4 is 13.7 Å². The van der Waals surface area contributed by atoms with E-state index in [4.69, 9.17) is 14.8 Å². The highest BCUT2D eigenvalue weighted by atomic mass is 31.2. The molecule has 5 N–H and O–H groups in total. The molecule has 0 aromatic heterocycles. The molecular weight excluding hydrogens is 575 g/mol. The number of phosphoric ester groups is 1. The van der Waals surface area contributed by atoms with Gasteiger partial charge in [0.25, 0.3) is 0 Å². The Morgan fingerprint density at radius 2 is 1.20 bits per heavy atom. The number of nitrogens with one attached hydrogen (secondary N) is 1. The summed E-state index contributed by atoms with van der Waals surface area (Å²) in [5.74, 6) is -0.212. The third kappa shape index (κ3) is 29.4. The van der Waals surface area contributed by atoms with Crippen LogP contribution in [0.2, 0.25) is 0 Å². The Hall–Kier alpha value is -1.28. The van der Waals surface area contributed by atoms with Crippen molar-refractivity contribution in [2.24, 2.45) is 5.73 Å². The van der Waals surface area contributed by atoms with Gasteiger partial charge in [-0.25, -0.2) is 4.57 Å². The molecule has 0 saturated carbocycles. The van der Waals surface area contributed by atoms with Crippen LogP contribution in [0.15, 0.2) is 36.5 Å². The Labute approximate surface area is 269 Å². The molecule has 3 atom stereocenters. The fraction of sp³-hybridized carbons (Fsp3) is 0.800. The van der Waals surface area contributed by atoms with Gasteiger partial charge in [0.15, 0.2) is 0 Å². The van der Waals surface area contributed by atoms with Crippen LogP contribution in [-0.4, -0.2) is 47.8 Å². The zero-order valence-corrected chi connectivity index (χ0v) is 29.0. The minimum absolute atomic E-state index is 0.0721. The van der Waals surface area contributed by atoms with Gasteiger partial charge in [0.05, 0.1) is 25.4 Å². The van der Waals surface area contributed by atoms with Crippen molar-refractivity contribution in [3.05, 3.63) is 36.5 Å². The van der Waals surface area contributed by atoms with Gasteiger partial charge in [0.1, 0.15) is 0 Å². The molecule has 8 nitrogen and oxygen atoms in total. The van der Waals surface area contributed by atoms with Crippen LogP contribution in [0.5, 0.6) is 0 Å².